The van der Waals surface area contributed by atoms with E-state index >= 15 is 0 Å². The van der Waals surface area contributed by atoms with Crippen LogP contribution in [0.1, 0.15) is 73.7 Å². The number of benzene rings is 2. The Labute approximate surface area is 218 Å². The molecular weight excluding hydrogens is 474 g/mol. The van der Waals surface area contributed by atoms with Crippen molar-refractivity contribution in [2.24, 2.45) is 0 Å². The van der Waals surface area contributed by atoms with E-state index in [1.54, 1.807) is 0 Å². The van der Waals surface area contributed by atoms with Crippen LogP contribution in [0, 0.1) is 0 Å². The first kappa shape index (κ1) is 25.1. The predicted molar refractivity (Wildman–Crippen MR) is 143 cm³/mol. The van der Waals surface area contributed by atoms with E-state index in [9.17, 15) is 9.59 Å². The molecule has 7 heteroatoms. The second-order valence-corrected chi connectivity index (χ2v) is 10.7. The molecule has 2 aromatic carbocycles. The van der Waals surface area contributed by atoms with E-state index in [-0.39, 0.29) is 18.4 Å². The minimum Gasteiger partial charge on any atom is -0.482 e. The summed E-state index contributed by atoms with van der Waals surface area (Å²) in [6.07, 6.45) is 7.64. The summed E-state index contributed by atoms with van der Waals surface area (Å²) in [6.45, 7) is 4.49. The van der Waals surface area contributed by atoms with E-state index in [1.807, 2.05) is 41.3 Å². The Kier molecular flexibility index (Phi) is 7.82. The van der Waals surface area contributed by atoms with Gasteiger partial charge < -0.3 is 15.0 Å². The van der Waals surface area contributed by atoms with E-state index in [0.29, 0.717) is 36.1 Å². The van der Waals surface area contributed by atoms with Gasteiger partial charge in [0.05, 0.1) is 5.69 Å². The molecule has 192 valence electrons. The van der Waals surface area contributed by atoms with Crippen molar-refractivity contribution < 1.29 is 14.3 Å². The molecule has 3 aliphatic heterocycles. The third-order valence-electron chi connectivity index (χ3n) is 8.04. The van der Waals surface area contributed by atoms with Crippen LogP contribution in [0.25, 0.3) is 0 Å². The Hall–Kier alpha value is -2.57. The number of nitrogens with one attached hydrogen (secondary N) is 1. The molecule has 0 radical (unpaired) electrons. The van der Waals surface area contributed by atoms with Gasteiger partial charge in [0, 0.05) is 42.3 Å². The number of carbonyl (C=O) groups excluding carboxylic acids is 2. The van der Waals surface area contributed by atoms with Crippen LogP contribution in [0.5, 0.6) is 5.75 Å². The molecule has 2 atom stereocenters. The SMILES string of the molecule is CCCCCNC(=O)c1cc(Cl)ccc1C1CC2CCC(C1)N2CCN1C(=O)COc2ccccc21. The van der Waals surface area contributed by atoms with Gasteiger partial charge in [0.15, 0.2) is 6.61 Å². The lowest BCUT2D eigenvalue weighted by molar-refractivity contribution is -0.121. The van der Waals surface area contributed by atoms with E-state index in [2.05, 4.69) is 23.2 Å². The largest absolute Gasteiger partial charge is 0.482 e. The van der Waals surface area contributed by atoms with Crippen LogP contribution in [0.3, 0.4) is 0 Å². The first-order valence-corrected chi connectivity index (χ1v) is 13.8. The number of rotatable bonds is 9. The summed E-state index contributed by atoms with van der Waals surface area (Å²) >= 11 is 6.31. The standard InChI is InChI=1S/C29H36ClN3O3/c1-2-3-6-13-31-29(35)25-18-21(30)9-12-24(25)20-16-22-10-11-23(17-20)32(22)14-15-33-26-7-4-5-8-27(26)36-19-28(33)34/h4-5,7-9,12,18,20,22-23H,2-3,6,10-11,13-17,19H2,1H3,(H,31,35). The maximum Gasteiger partial charge on any atom is 0.265 e. The summed E-state index contributed by atoms with van der Waals surface area (Å²) in [7, 11) is 0. The highest BCUT2D eigenvalue weighted by Crippen LogP contribution is 2.44. The summed E-state index contributed by atoms with van der Waals surface area (Å²) < 4.78 is 5.60. The highest BCUT2D eigenvalue weighted by Gasteiger charge is 2.42. The third-order valence-corrected chi connectivity index (χ3v) is 8.28. The summed E-state index contributed by atoms with van der Waals surface area (Å²) in [5, 5.41) is 3.71. The summed E-state index contributed by atoms with van der Waals surface area (Å²) in [6, 6.07) is 14.5. The van der Waals surface area contributed by atoms with Gasteiger partial charge in [-0.3, -0.25) is 14.5 Å². The third kappa shape index (κ3) is 5.25. The molecule has 2 unspecified atom stereocenters. The van der Waals surface area contributed by atoms with E-state index < -0.39 is 0 Å². The van der Waals surface area contributed by atoms with Crippen molar-refractivity contribution in [2.45, 2.75) is 69.9 Å². The van der Waals surface area contributed by atoms with Crippen molar-refractivity contribution in [2.75, 3.05) is 31.1 Å². The van der Waals surface area contributed by atoms with Gasteiger partial charge >= 0.3 is 0 Å². The Morgan fingerprint density at radius 2 is 1.86 bits per heavy atom. The van der Waals surface area contributed by atoms with Crippen molar-refractivity contribution in [3.63, 3.8) is 0 Å². The van der Waals surface area contributed by atoms with Gasteiger partial charge in [0.2, 0.25) is 0 Å². The van der Waals surface area contributed by atoms with Gasteiger partial charge in [-0.2, -0.15) is 0 Å². The van der Waals surface area contributed by atoms with E-state index in [4.69, 9.17) is 16.3 Å². The number of hydrogen-bond donors (Lipinski definition) is 1. The van der Waals surface area contributed by atoms with Crippen LogP contribution in [0.4, 0.5) is 5.69 Å². The molecule has 0 aliphatic carbocycles. The number of amides is 2. The average Bonchev–Trinajstić information content (AvgIpc) is 3.12. The lowest BCUT2D eigenvalue weighted by atomic mass is 9.82. The second-order valence-electron chi connectivity index (χ2n) is 10.3. The molecule has 1 N–H and O–H groups in total. The second kappa shape index (κ2) is 11.2. The zero-order valence-electron chi connectivity index (χ0n) is 21.0. The first-order valence-electron chi connectivity index (χ1n) is 13.4. The van der Waals surface area contributed by atoms with Crippen molar-refractivity contribution in [1.82, 2.24) is 10.2 Å². The van der Waals surface area contributed by atoms with E-state index in [1.165, 1.54) is 12.8 Å². The molecule has 2 aromatic rings. The number of para-hydroxylation sites is 2. The quantitative estimate of drug-likeness (QED) is 0.460. The molecule has 2 fully saturated rings. The molecule has 3 aliphatic rings. The Morgan fingerprint density at radius 1 is 1.08 bits per heavy atom. The highest BCUT2D eigenvalue weighted by molar-refractivity contribution is 6.31. The summed E-state index contributed by atoms with van der Waals surface area (Å²) in [5.41, 5.74) is 2.72. The van der Waals surface area contributed by atoms with Gasteiger partial charge in [-0.1, -0.05) is 49.6 Å². The lowest BCUT2D eigenvalue weighted by Crippen LogP contribution is -2.48. The van der Waals surface area contributed by atoms with Gasteiger partial charge in [0.25, 0.3) is 11.8 Å². The van der Waals surface area contributed by atoms with Crippen LogP contribution in [-0.4, -0.2) is 55.0 Å². The number of anilines is 1. The molecule has 0 saturated carbocycles. The van der Waals surface area contributed by atoms with Crippen molar-refractivity contribution in [3.8, 4) is 5.75 Å². The number of fused-ring (bicyclic) bond motifs is 3. The fourth-order valence-corrected chi connectivity index (χ4v) is 6.43. The number of piperidine rings is 1. The molecule has 3 heterocycles. The van der Waals surface area contributed by atoms with Gasteiger partial charge in [0.1, 0.15) is 5.75 Å². The summed E-state index contributed by atoms with van der Waals surface area (Å²) in [5.74, 6) is 1.13. The minimum atomic E-state index is -0.0112. The number of unbranched alkanes of at least 4 members (excludes halogenated alkanes) is 2. The van der Waals surface area contributed by atoms with Crippen LogP contribution >= 0.6 is 11.6 Å². The minimum absolute atomic E-state index is 0.0112. The molecular formula is C29H36ClN3O3. The topological polar surface area (TPSA) is 61.9 Å². The number of carbonyl (C=O) groups is 2. The Bertz CT molecular complexity index is 1090. The van der Waals surface area contributed by atoms with Crippen LogP contribution in [0.15, 0.2) is 42.5 Å². The number of hydrogen-bond acceptors (Lipinski definition) is 4. The first-order chi connectivity index (χ1) is 17.5. The Morgan fingerprint density at radius 3 is 2.64 bits per heavy atom. The zero-order chi connectivity index (χ0) is 25.1. The van der Waals surface area contributed by atoms with Gasteiger partial charge in [-0.25, -0.2) is 0 Å². The molecule has 2 amide bonds. The number of nitrogens with zero attached hydrogens (tertiary/aromatic N) is 2. The maximum atomic E-state index is 13.0. The van der Waals surface area contributed by atoms with Gasteiger partial charge in [-0.05, 0) is 67.9 Å². The molecule has 0 spiro atoms. The lowest BCUT2D eigenvalue weighted by Gasteiger charge is -2.41. The average molecular weight is 510 g/mol. The zero-order valence-corrected chi connectivity index (χ0v) is 21.8. The van der Waals surface area contributed by atoms with Crippen molar-refractivity contribution >= 4 is 29.1 Å². The fourth-order valence-electron chi connectivity index (χ4n) is 6.26. The monoisotopic (exact) mass is 509 g/mol. The highest BCUT2D eigenvalue weighted by atomic mass is 35.5. The molecule has 36 heavy (non-hydrogen) atoms. The molecule has 2 saturated heterocycles. The normalized spacial score (nSPS) is 23.3. The van der Waals surface area contributed by atoms with Crippen molar-refractivity contribution in [3.05, 3.63) is 58.6 Å². The van der Waals surface area contributed by atoms with Crippen LogP contribution in [-0.2, 0) is 4.79 Å². The predicted octanol–water partition coefficient (Wildman–Crippen LogP) is 5.40. The van der Waals surface area contributed by atoms with E-state index in [0.717, 1.165) is 61.2 Å². The number of halogens is 1. The fraction of sp³-hybridized carbons (Fsp3) is 0.517. The van der Waals surface area contributed by atoms with Crippen molar-refractivity contribution in [1.29, 1.82) is 0 Å². The molecule has 0 aromatic heterocycles. The van der Waals surface area contributed by atoms with Crippen LogP contribution < -0.4 is 15.0 Å². The Balaban J connectivity index is 1.25. The number of ether oxygens (including phenoxy) is 1. The molecule has 6 nitrogen and oxygen atoms in total. The smallest absolute Gasteiger partial charge is 0.265 e. The summed E-state index contributed by atoms with van der Waals surface area (Å²) in [4.78, 5) is 30.1. The maximum absolute atomic E-state index is 13.0. The van der Waals surface area contributed by atoms with Gasteiger partial charge in [-0.15, -0.1) is 0 Å². The molecule has 2 bridgehead atoms. The van der Waals surface area contributed by atoms with Crippen LogP contribution in [0.2, 0.25) is 5.02 Å². The molecule has 5 rings (SSSR count).